The van der Waals surface area contributed by atoms with Gasteiger partial charge in [-0.15, -0.1) is 10.2 Å². The molecular formula is C18H29N5O2. The van der Waals surface area contributed by atoms with E-state index in [0.29, 0.717) is 17.9 Å². The summed E-state index contributed by atoms with van der Waals surface area (Å²) < 4.78 is 5.82. The van der Waals surface area contributed by atoms with Crippen molar-refractivity contribution in [1.29, 1.82) is 0 Å². The van der Waals surface area contributed by atoms with Gasteiger partial charge in [-0.1, -0.05) is 6.92 Å². The highest BCUT2D eigenvalue weighted by Gasteiger charge is 2.36. The molecule has 1 aromatic rings. The van der Waals surface area contributed by atoms with Gasteiger partial charge in [-0.05, 0) is 25.2 Å². The first-order valence-corrected chi connectivity index (χ1v) is 9.64. The van der Waals surface area contributed by atoms with Crippen LogP contribution in [0.1, 0.15) is 50.8 Å². The molecular weight excluding hydrogens is 318 g/mol. The summed E-state index contributed by atoms with van der Waals surface area (Å²) in [7, 11) is 0. The molecule has 1 aliphatic carbocycles. The fraction of sp³-hybridized carbons (Fsp3) is 0.833. The summed E-state index contributed by atoms with van der Waals surface area (Å²) in [6, 6.07) is 0.553. The molecule has 4 rings (SSSR count). The van der Waals surface area contributed by atoms with Crippen molar-refractivity contribution in [3.63, 3.8) is 0 Å². The Bertz CT molecular complexity index is 614. The molecule has 0 radical (unpaired) electrons. The third kappa shape index (κ3) is 3.87. The maximum absolute atomic E-state index is 11.6. The Balaban J connectivity index is 1.33. The van der Waals surface area contributed by atoms with Crippen LogP contribution in [-0.2, 0) is 11.3 Å². The smallest absolute Gasteiger partial charge is 0.230 e. The molecule has 1 amide bonds. The fourth-order valence-electron chi connectivity index (χ4n) is 4.25. The molecule has 3 aliphatic rings. The van der Waals surface area contributed by atoms with E-state index in [-0.39, 0.29) is 5.91 Å². The molecule has 3 fully saturated rings. The van der Waals surface area contributed by atoms with Crippen molar-refractivity contribution in [2.75, 3.05) is 39.3 Å². The van der Waals surface area contributed by atoms with Crippen LogP contribution in [0.3, 0.4) is 0 Å². The van der Waals surface area contributed by atoms with E-state index in [1.807, 2.05) is 4.90 Å². The third-order valence-electron chi connectivity index (χ3n) is 5.86. The van der Waals surface area contributed by atoms with Gasteiger partial charge in [-0.2, -0.15) is 0 Å². The topological polar surface area (TPSA) is 65.7 Å². The van der Waals surface area contributed by atoms with E-state index in [4.69, 9.17) is 4.42 Å². The van der Waals surface area contributed by atoms with Gasteiger partial charge in [0.25, 0.3) is 0 Å². The van der Waals surface area contributed by atoms with Crippen LogP contribution in [0.2, 0.25) is 0 Å². The summed E-state index contributed by atoms with van der Waals surface area (Å²) >= 11 is 0. The van der Waals surface area contributed by atoms with E-state index in [0.717, 1.165) is 64.0 Å². The molecule has 1 saturated carbocycles. The number of nitrogens with zero attached hydrogens (tertiary/aromatic N) is 5. The Morgan fingerprint density at radius 2 is 2.00 bits per heavy atom. The molecule has 138 valence electrons. The zero-order valence-corrected chi connectivity index (χ0v) is 15.4. The van der Waals surface area contributed by atoms with Crippen molar-refractivity contribution >= 4 is 5.91 Å². The van der Waals surface area contributed by atoms with E-state index >= 15 is 0 Å². The van der Waals surface area contributed by atoms with Gasteiger partial charge in [0, 0.05) is 58.2 Å². The molecule has 0 aromatic carbocycles. The van der Waals surface area contributed by atoms with Crippen LogP contribution in [0, 0.1) is 5.92 Å². The Kier molecular flexibility index (Phi) is 4.78. The summed E-state index contributed by atoms with van der Waals surface area (Å²) in [6.45, 7) is 10.7. The van der Waals surface area contributed by atoms with E-state index < -0.39 is 0 Å². The van der Waals surface area contributed by atoms with Crippen LogP contribution < -0.4 is 0 Å². The molecule has 0 spiro atoms. The molecule has 3 heterocycles. The van der Waals surface area contributed by atoms with Crippen LogP contribution in [0.15, 0.2) is 4.42 Å². The second-order valence-electron chi connectivity index (χ2n) is 7.94. The van der Waals surface area contributed by atoms with Crippen molar-refractivity contribution in [3.8, 4) is 0 Å². The summed E-state index contributed by atoms with van der Waals surface area (Å²) in [5.74, 6) is 2.93. The SMILES string of the molecule is CC(=O)N1CCCN([C@H]2CN(Cc3nnc(C4CC4)o3)C[C@@H]2C)CC1. The summed E-state index contributed by atoms with van der Waals surface area (Å²) in [6.07, 6.45) is 3.45. The average molecular weight is 347 g/mol. The van der Waals surface area contributed by atoms with Crippen LogP contribution in [-0.4, -0.2) is 76.1 Å². The Morgan fingerprint density at radius 1 is 1.16 bits per heavy atom. The summed E-state index contributed by atoms with van der Waals surface area (Å²) in [5, 5.41) is 8.43. The molecule has 0 bridgehead atoms. The molecule has 0 N–H and O–H groups in total. The number of rotatable bonds is 4. The highest BCUT2D eigenvalue weighted by atomic mass is 16.4. The predicted molar refractivity (Wildman–Crippen MR) is 92.9 cm³/mol. The normalized spacial score (nSPS) is 29.1. The maximum atomic E-state index is 11.6. The monoisotopic (exact) mass is 347 g/mol. The number of hydrogen-bond acceptors (Lipinski definition) is 6. The van der Waals surface area contributed by atoms with Gasteiger partial charge in [0.05, 0.1) is 6.54 Å². The number of hydrogen-bond donors (Lipinski definition) is 0. The number of carbonyl (C=O) groups excluding carboxylic acids is 1. The molecule has 2 aliphatic heterocycles. The first-order chi connectivity index (χ1) is 12.1. The van der Waals surface area contributed by atoms with E-state index in [1.165, 1.54) is 12.8 Å². The zero-order valence-electron chi connectivity index (χ0n) is 15.4. The highest BCUT2D eigenvalue weighted by molar-refractivity contribution is 5.73. The molecule has 2 saturated heterocycles. The number of aromatic nitrogens is 2. The summed E-state index contributed by atoms with van der Waals surface area (Å²) in [4.78, 5) is 18.6. The van der Waals surface area contributed by atoms with Crippen LogP contribution in [0.4, 0.5) is 0 Å². The largest absolute Gasteiger partial charge is 0.424 e. The zero-order chi connectivity index (χ0) is 17.4. The van der Waals surface area contributed by atoms with Crippen molar-refractivity contribution in [2.24, 2.45) is 5.92 Å². The quantitative estimate of drug-likeness (QED) is 0.818. The van der Waals surface area contributed by atoms with Gasteiger partial charge < -0.3 is 9.32 Å². The van der Waals surface area contributed by atoms with Crippen LogP contribution in [0.25, 0.3) is 0 Å². The Hall–Kier alpha value is -1.47. The maximum Gasteiger partial charge on any atom is 0.230 e. The summed E-state index contributed by atoms with van der Waals surface area (Å²) in [5.41, 5.74) is 0. The number of amides is 1. The lowest BCUT2D eigenvalue weighted by molar-refractivity contribution is -0.128. The van der Waals surface area contributed by atoms with Gasteiger partial charge in [-0.25, -0.2) is 0 Å². The lowest BCUT2D eigenvalue weighted by Crippen LogP contribution is -2.42. The first-order valence-electron chi connectivity index (χ1n) is 9.64. The molecule has 7 nitrogen and oxygen atoms in total. The minimum atomic E-state index is 0.200. The molecule has 2 atom stereocenters. The molecule has 1 aromatic heterocycles. The van der Waals surface area contributed by atoms with Gasteiger partial charge >= 0.3 is 0 Å². The van der Waals surface area contributed by atoms with Gasteiger partial charge in [0.1, 0.15) is 0 Å². The highest BCUT2D eigenvalue weighted by Crippen LogP contribution is 2.39. The Morgan fingerprint density at radius 3 is 2.76 bits per heavy atom. The van der Waals surface area contributed by atoms with Crippen LogP contribution >= 0.6 is 0 Å². The van der Waals surface area contributed by atoms with Crippen molar-refractivity contribution in [3.05, 3.63) is 11.8 Å². The van der Waals surface area contributed by atoms with E-state index in [2.05, 4.69) is 26.9 Å². The minimum Gasteiger partial charge on any atom is -0.424 e. The van der Waals surface area contributed by atoms with Gasteiger partial charge in [0.2, 0.25) is 17.7 Å². The predicted octanol–water partition coefficient (Wildman–Crippen LogP) is 1.32. The lowest BCUT2D eigenvalue weighted by Gasteiger charge is -2.30. The molecule has 0 unspecified atom stereocenters. The number of carbonyl (C=O) groups is 1. The second kappa shape index (κ2) is 7.03. The van der Waals surface area contributed by atoms with Crippen molar-refractivity contribution in [2.45, 2.75) is 51.6 Å². The first kappa shape index (κ1) is 17.0. The van der Waals surface area contributed by atoms with Gasteiger partial charge in [0.15, 0.2) is 0 Å². The molecule has 7 heteroatoms. The van der Waals surface area contributed by atoms with Gasteiger partial charge in [-0.3, -0.25) is 14.6 Å². The van der Waals surface area contributed by atoms with E-state index in [1.54, 1.807) is 6.92 Å². The minimum absolute atomic E-state index is 0.200. The standard InChI is InChI=1S/C18H29N5O2/c1-13-10-21(12-17-19-20-18(25-17)15-4-5-15)11-16(13)23-7-3-6-22(8-9-23)14(2)24/h13,15-16H,3-12H2,1-2H3/t13-,16-/m0/s1. The number of likely N-dealkylation sites (tertiary alicyclic amines) is 1. The lowest BCUT2D eigenvalue weighted by atomic mass is 10.0. The van der Waals surface area contributed by atoms with Crippen molar-refractivity contribution in [1.82, 2.24) is 24.9 Å². The average Bonchev–Trinajstić information content (AvgIpc) is 3.29. The Labute approximate surface area is 149 Å². The fourth-order valence-corrected chi connectivity index (χ4v) is 4.25. The van der Waals surface area contributed by atoms with E-state index in [9.17, 15) is 4.79 Å². The van der Waals surface area contributed by atoms with Crippen molar-refractivity contribution < 1.29 is 9.21 Å². The third-order valence-corrected chi connectivity index (χ3v) is 5.86. The molecule has 25 heavy (non-hydrogen) atoms. The van der Waals surface area contributed by atoms with Crippen LogP contribution in [0.5, 0.6) is 0 Å². The second-order valence-corrected chi connectivity index (χ2v) is 7.94.